The maximum atomic E-state index is 11.5. The number of hydrogen-bond acceptors (Lipinski definition) is 4. The highest BCUT2D eigenvalue weighted by Crippen LogP contribution is 2.32. The molecule has 0 aromatic heterocycles. The van der Waals surface area contributed by atoms with Crippen molar-refractivity contribution in [1.82, 2.24) is 10.2 Å². The van der Waals surface area contributed by atoms with E-state index in [1.807, 2.05) is 18.7 Å². The lowest BCUT2D eigenvalue weighted by atomic mass is 9.89. The molecule has 104 valence electrons. The summed E-state index contributed by atoms with van der Waals surface area (Å²) >= 11 is 2.03. The Kier molecular flexibility index (Phi) is 5.33. The van der Waals surface area contributed by atoms with E-state index >= 15 is 0 Å². The van der Waals surface area contributed by atoms with Crippen molar-refractivity contribution in [2.24, 2.45) is 0 Å². The molecule has 1 amide bonds. The molecule has 2 fully saturated rings. The smallest absolute Gasteiger partial charge is 0.219 e. The lowest BCUT2D eigenvalue weighted by Crippen LogP contribution is -2.60. The van der Waals surface area contributed by atoms with Crippen LogP contribution in [0.3, 0.4) is 0 Å². The van der Waals surface area contributed by atoms with Crippen LogP contribution < -0.4 is 5.32 Å². The largest absolute Gasteiger partial charge is 0.379 e. The van der Waals surface area contributed by atoms with Crippen LogP contribution in [-0.2, 0) is 9.53 Å². The fraction of sp³-hybridized carbons (Fsp3) is 0.923. The number of carbonyl (C=O) groups is 1. The van der Waals surface area contributed by atoms with Crippen molar-refractivity contribution in [3.8, 4) is 0 Å². The van der Waals surface area contributed by atoms with Crippen LogP contribution >= 0.6 is 11.8 Å². The van der Waals surface area contributed by atoms with E-state index in [2.05, 4.69) is 10.2 Å². The molecule has 0 aromatic carbocycles. The molecule has 0 aromatic rings. The fourth-order valence-corrected chi connectivity index (χ4v) is 4.03. The Morgan fingerprint density at radius 2 is 2.00 bits per heavy atom. The van der Waals surface area contributed by atoms with Crippen LogP contribution in [0.15, 0.2) is 0 Å². The van der Waals surface area contributed by atoms with E-state index in [0.717, 1.165) is 32.8 Å². The van der Waals surface area contributed by atoms with E-state index in [0.29, 0.717) is 6.42 Å². The Balaban J connectivity index is 1.99. The number of nitrogens with zero attached hydrogens (tertiary/aromatic N) is 1. The number of hydrogen-bond donors (Lipinski definition) is 1. The van der Waals surface area contributed by atoms with Crippen LogP contribution in [0.5, 0.6) is 0 Å². The number of amides is 1. The third-order valence-electron chi connectivity index (χ3n) is 4.04. The Labute approximate surface area is 114 Å². The summed E-state index contributed by atoms with van der Waals surface area (Å²) in [5.74, 6) is 2.58. The number of ether oxygens (including phenoxy) is 1. The third-order valence-corrected chi connectivity index (χ3v) is 5.03. The minimum atomic E-state index is 0.167. The Morgan fingerprint density at radius 3 is 2.61 bits per heavy atom. The number of thioether (sulfide) groups is 1. The molecule has 0 aliphatic carbocycles. The zero-order valence-corrected chi connectivity index (χ0v) is 12.1. The molecule has 5 heteroatoms. The molecular formula is C13H24N2O2S. The monoisotopic (exact) mass is 272 g/mol. The molecule has 0 radical (unpaired) electrons. The van der Waals surface area contributed by atoms with E-state index < -0.39 is 0 Å². The summed E-state index contributed by atoms with van der Waals surface area (Å²) in [6.07, 6.45) is 2.94. The van der Waals surface area contributed by atoms with Gasteiger partial charge in [0.15, 0.2) is 0 Å². The molecule has 0 saturated carbocycles. The van der Waals surface area contributed by atoms with Crippen molar-refractivity contribution >= 4 is 17.7 Å². The predicted octanol–water partition coefficient (Wildman–Crippen LogP) is 1.11. The second-order valence-corrected chi connectivity index (χ2v) is 6.29. The van der Waals surface area contributed by atoms with Gasteiger partial charge in [0.2, 0.25) is 5.91 Å². The van der Waals surface area contributed by atoms with Gasteiger partial charge in [0.1, 0.15) is 0 Å². The van der Waals surface area contributed by atoms with Crippen molar-refractivity contribution in [3.63, 3.8) is 0 Å². The quantitative estimate of drug-likeness (QED) is 0.832. The number of nitrogens with one attached hydrogen (secondary N) is 1. The highest BCUT2D eigenvalue weighted by molar-refractivity contribution is 7.99. The van der Waals surface area contributed by atoms with Gasteiger partial charge in [-0.25, -0.2) is 0 Å². The normalized spacial score (nSPS) is 24.7. The molecule has 2 aliphatic rings. The summed E-state index contributed by atoms with van der Waals surface area (Å²) in [5, 5.41) is 3.11. The molecule has 0 unspecified atom stereocenters. The average molecular weight is 272 g/mol. The minimum absolute atomic E-state index is 0.167. The maximum Gasteiger partial charge on any atom is 0.219 e. The SMILES string of the molecule is CCC(=O)NCC1(N2CCOCC2)CCSCC1. The van der Waals surface area contributed by atoms with Crippen molar-refractivity contribution in [2.75, 3.05) is 44.4 Å². The lowest BCUT2D eigenvalue weighted by molar-refractivity contribution is -0.121. The summed E-state index contributed by atoms with van der Waals surface area (Å²) in [7, 11) is 0. The number of morpholine rings is 1. The van der Waals surface area contributed by atoms with Gasteiger partial charge in [0.05, 0.1) is 13.2 Å². The van der Waals surface area contributed by atoms with Crippen molar-refractivity contribution in [3.05, 3.63) is 0 Å². The van der Waals surface area contributed by atoms with Gasteiger partial charge in [-0.2, -0.15) is 11.8 Å². The van der Waals surface area contributed by atoms with Crippen LogP contribution in [0, 0.1) is 0 Å². The maximum absolute atomic E-state index is 11.5. The summed E-state index contributed by atoms with van der Waals surface area (Å²) in [6, 6.07) is 0. The number of carbonyl (C=O) groups excluding carboxylic acids is 1. The van der Waals surface area contributed by atoms with Crippen LogP contribution in [0.2, 0.25) is 0 Å². The predicted molar refractivity (Wildman–Crippen MR) is 75.0 cm³/mol. The Morgan fingerprint density at radius 1 is 1.33 bits per heavy atom. The van der Waals surface area contributed by atoms with Crippen molar-refractivity contribution in [2.45, 2.75) is 31.7 Å². The molecule has 2 aliphatic heterocycles. The highest BCUT2D eigenvalue weighted by atomic mass is 32.2. The lowest BCUT2D eigenvalue weighted by Gasteiger charge is -2.48. The average Bonchev–Trinajstić information content (AvgIpc) is 2.46. The first kappa shape index (κ1) is 14.2. The van der Waals surface area contributed by atoms with Gasteiger partial charge in [0.25, 0.3) is 0 Å². The molecule has 18 heavy (non-hydrogen) atoms. The zero-order chi connectivity index (χ0) is 12.8. The summed E-state index contributed by atoms with van der Waals surface area (Å²) in [4.78, 5) is 14.1. The van der Waals surface area contributed by atoms with Gasteiger partial charge >= 0.3 is 0 Å². The molecule has 4 nitrogen and oxygen atoms in total. The molecule has 0 spiro atoms. The minimum Gasteiger partial charge on any atom is -0.379 e. The molecule has 2 saturated heterocycles. The van der Waals surface area contributed by atoms with Gasteiger partial charge in [-0.1, -0.05) is 6.92 Å². The van der Waals surface area contributed by atoms with E-state index in [1.54, 1.807) is 0 Å². The van der Waals surface area contributed by atoms with Crippen LogP contribution in [-0.4, -0.2) is 60.7 Å². The van der Waals surface area contributed by atoms with E-state index in [-0.39, 0.29) is 11.4 Å². The van der Waals surface area contributed by atoms with Crippen LogP contribution in [0.25, 0.3) is 0 Å². The molecule has 0 atom stereocenters. The summed E-state index contributed by atoms with van der Waals surface area (Å²) in [6.45, 7) is 6.39. The molecular weight excluding hydrogens is 248 g/mol. The first-order valence-electron chi connectivity index (χ1n) is 6.94. The standard InChI is InChI=1S/C13H24N2O2S/c1-2-12(16)14-11-13(3-9-18-10-4-13)15-5-7-17-8-6-15/h2-11H2,1H3,(H,14,16). The van der Waals surface area contributed by atoms with E-state index in [9.17, 15) is 4.79 Å². The van der Waals surface area contributed by atoms with Crippen LogP contribution in [0.4, 0.5) is 0 Å². The topological polar surface area (TPSA) is 41.6 Å². The molecule has 0 bridgehead atoms. The second kappa shape index (κ2) is 6.78. The molecule has 1 N–H and O–H groups in total. The molecule has 2 heterocycles. The second-order valence-electron chi connectivity index (χ2n) is 5.07. The van der Waals surface area contributed by atoms with Gasteiger partial charge in [-0.15, -0.1) is 0 Å². The number of rotatable bonds is 4. The Hall–Kier alpha value is -0.260. The zero-order valence-electron chi connectivity index (χ0n) is 11.2. The first-order valence-corrected chi connectivity index (χ1v) is 8.09. The van der Waals surface area contributed by atoms with Gasteiger partial charge in [0, 0.05) is 31.6 Å². The summed E-state index contributed by atoms with van der Waals surface area (Å²) in [5.41, 5.74) is 0.180. The van der Waals surface area contributed by atoms with Gasteiger partial charge < -0.3 is 10.1 Å². The first-order chi connectivity index (χ1) is 8.77. The van der Waals surface area contributed by atoms with E-state index in [1.165, 1.54) is 24.3 Å². The van der Waals surface area contributed by atoms with Crippen LogP contribution in [0.1, 0.15) is 26.2 Å². The highest BCUT2D eigenvalue weighted by Gasteiger charge is 2.38. The molecule has 2 rings (SSSR count). The fourth-order valence-electron chi connectivity index (χ4n) is 2.78. The van der Waals surface area contributed by atoms with Gasteiger partial charge in [-0.3, -0.25) is 9.69 Å². The van der Waals surface area contributed by atoms with Crippen molar-refractivity contribution < 1.29 is 9.53 Å². The van der Waals surface area contributed by atoms with E-state index in [4.69, 9.17) is 4.74 Å². The summed E-state index contributed by atoms with van der Waals surface area (Å²) < 4.78 is 5.45. The van der Waals surface area contributed by atoms with Gasteiger partial charge in [-0.05, 0) is 24.3 Å². The Bertz CT molecular complexity index is 274. The van der Waals surface area contributed by atoms with Crippen molar-refractivity contribution in [1.29, 1.82) is 0 Å². The third kappa shape index (κ3) is 3.39.